The zero-order valence-electron chi connectivity index (χ0n) is 26.5. The van der Waals surface area contributed by atoms with Gasteiger partial charge in [-0.25, -0.2) is 0 Å². The van der Waals surface area contributed by atoms with Gasteiger partial charge in [0.2, 0.25) is 0 Å². The summed E-state index contributed by atoms with van der Waals surface area (Å²) in [4.78, 5) is 13.0. The molecule has 5 aromatic carbocycles. The molecule has 0 atom stereocenters. The number of pyridine rings is 3. The molecule has 0 fully saturated rings. The number of aromatic nitrogens is 3. The molecular formula is C45H29N3S. The highest BCUT2D eigenvalue weighted by Crippen LogP contribution is 2.44. The van der Waals surface area contributed by atoms with Crippen LogP contribution in [0.3, 0.4) is 0 Å². The Morgan fingerprint density at radius 3 is 1.08 bits per heavy atom. The first-order valence-electron chi connectivity index (χ1n) is 16.3. The quantitative estimate of drug-likeness (QED) is 0.181. The smallest absolute Gasteiger partial charge is 0.0434 e. The first-order valence-corrected chi connectivity index (χ1v) is 17.1. The first-order chi connectivity index (χ1) is 24.3. The highest BCUT2D eigenvalue weighted by molar-refractivity contribution is 7.26. The number of nitrogens with zero attached hydrogens (tertiary/aromatic N) is 3. The average Bonchev–Trinajstić information content (AvgIpc) is 3.58. The van der Waals surface area contributed by atoms with E-state index in [1.807, 2.05) is 66.7 Å². The van der Waals surface area contributed by atoms with Gasteiger partial charge in [-0.05, 0) is 92.0 Å². The Morgan fingerprint density at radius 2 is 0.673 bits per heavy atom. The standard InChI is InChI=1S/C45H29N3S/c1-9-40(32-17-13-30(14-18-32)34-6-3-21-46-27-34)44-42(11-1)43-12-2-10-41(45(43)49-44)33-19-15-31(16-20-33)37-24-38(35-7-4-22-47-28-35)26-39(25-37)36-8-5-23-48-29-36/h1-29H. The largest absolute Gasteiger partial charge is 0.264 e. The van der Waals surface area contributed by atoms with Gasteiger partial charge < -0.3 is 0 Å². The summed E-state index contributed by atoms with van der Waals surface area (Å²) in [6.07, 6.45) is 11.2. The molecule has 0 unspecified atom stereocenters. The van der Waals surface area contributed by atoms with E-state index < -0.39 is 0 Å². The molecule has 4 aromatic heterocycles. The van der Waals surface area contributed by atoms with Gasteiger partial charge in [-0.1, -0.05) is 103 Å². The average molecular weight is 644 g/mol. The Labute approximate surface area is 288 Å². The molecule has 0 amide bonds. The summed E-state index contributed by atoms with van der Waals surface area (Å²) in [5, 5.41) is 2.59. The lowest BCUT2D eigenvalue weighted by Crippen LogP contribution is -1.87. The lowest BCUT2D eigenvalue weighted by Gasteiger charge is -2.12. The fraction of sp³-hybridized carbons (Fsp3) is 0. The van der Waals surface area contributed by atoms with Gasteiger partial charge in [0.25, 0.3) is 0 Å². The number of hydrogen-bond donors (Lipinski definition) is 0. The van der Waals surface area contributed by atoms with Crippen molar-refractivity contribution < 1.29 is 0 Å². The SMILES string of the molecule is c1cncc(-c2ccc(-c3cccc4c3sc3c(-c5ccc(-c6cc(-c7cccnc7)cc(-c7cccnc7)c6)cc5)cccc34)cc2)c1. The van der Waals surface area contributed by atoms with Gasteiger partial charge in [-0.15, -0.1) is 11.3 Å². The molecule has 0 spiro atoms. The van der Waals surface area contributed by atoms with Crippen molar-refractivity contribution in [3.8, 4) is 66.8 Å². The Bertz CT molecular complexity index is 2500. The fourth-order valence-corrected chi connectivity index (χ4v) is 8.06. The van der Waals surface area contributed by atoms with E-state index >= 15 is 0 Å². The van der Waals surface area contributed by atoms with E-state index in [-0.39, 0.29) is 0 Å². The van der Waals surface area contributed by atoms with Crippen LogP contribution in [0, 0.1) is 0 Å². The lowest BCUT2D eigenvalue weighted by molar-refractivity contribution is 1.32. The van der Waals surface area contributed by atoms with Crippen molar-refractivity contribution in [2.45, 2.75) is 0 Å². The van der Waals surface area contributed by atoms with E-state index in [9.17, 15) is 0 Å². The van der Waals surface area contributed by atoms with Crippen molar-refractivity contribution in [2.75, 3.05) is 0 Å². The third kappa shape index (κ3) is 5.48. The van der Waals surface area contributed by atoms with Gasteiger partial charge in [0.05, 0.1) is 0 Å². The molecule has 0 radical (unpaired) electrons. The Balaban J connectivity index is 1.10. The van der Waals surface area contributed by atoms with Crippen LogP contribution < -0.4 is 0 Å². The topological polar surface area (TPSA) is 38.7 Å². The van der Waals surface area contributed by atoms with Crippen molar-refractivity contribution in [2.24, 2.45) is 0 Å². The van der Waals surface area contributed by atoms with Crippen LogP contribution in [0.4, 0.5) is 0 Å². The summed E-state index contributed by atoms with van der Waals surface area (Å²) in [7, 11) is 0. The molecule has 0 saturated carbocycles. The highest BCUT2D eigenvalue weighted by atomic mass is 32.1. The summed E-state index contributed by atoms with van der Waals surface area (Å²) in [5.41, 5.74) is 14.0. The van der Waals surface area contributed by atoms with Crippen LogP contribution in [0.15, 0.2) is 177 Å². The van der Waals surface area contributed by atoms with Crippen LogP contribution in [-0.2, 0) is 0 Å². The molecule has 0 aliphatic rings. The number of fused-ring (bicyclic) bond motifs is 3. The molecule has 49 heavy (non-hydrogen) atoms. The molecule has 9 aromatic rings. The van der Waals surface area contributed by atoms with Gasteiger partial charge in [0.15, 0.2) is 0 Å². The third-order valence-electron chi connectivity index (χ3n) is 9.17. The van der Waals surface area contributed by atoms with Gasteiger partial charge in [-0.3, -0.25) is 15.0 Å². The highest BCUT2D eigenvalue weighted by Gasteiger charge is 2.15. The maximum absolute atomic E-state index is 4.38. The molecule has 0 aliphatic heterocycles. The minimum atomic E-state index is 1.09. The molecule has 4 heterocycles. The van der Waals surface area contributed by atoms with Crippen LogP contribution in [0.25, 0.3) is 86.9 Å². The van der Waals surface area contributed by atoms with E-state index in [1.54, 1.807) is 0 Å². The summed E-state index contributed by atoms with van der Waals surface area (Å²) in [6.45, 7) is 0. The van der Waals surface area contributed by atoms with Crippen molar-refractivity contribution in [1.29, 1.82) is 0 Å². The number of thiophene rings is 1. The van der Waals surface area contributed by atoms with Gasteiger partial charge in [-0.2, -0.15) is 0 Å². The van der Waals surface area contributed by atoms with Crippen LogP contribution in [0.1, 0.15) is 0 Å². The number of rotatable bonds is 6. The molecule has 0 saturated heterocycles. The van der Waals surface area contributed by atoms with Crippen LogP contribution in [0.2, 0.25) is 0 Å². The maximum Gasteiger partial charge on any atom is 0.0434 e. The Kier molecular flexibility index (Phi) is 7.34. The predicted octanol–water partition coefficient (Wildman–Crippen LogP) is 12.2. The van der Waals surface area contributed by atoms with E-state index in [1.165, 1.54) is 53.6 Å². The van der Waals surface area contributed by atoms with E-state index in [0.717, 1.165) is 33.4 Å². The first kappa shape index (κ1) is 29.0. The third-order valence-corrected chi connectivity index (χ3v) is 10.5. The molecule has 230 valence electrons. The van der Waals surface area contributed by atoms with Gasteiger partial charge in [0.1, 0.15) is 0 Å². The monoisotopic (exact) mass is 643 g/mol. The van der Waals surface area contributed by atoms with Crippen molar-refractivity contribution in [1.82, 2.24) is 15.0 Å². The summed E-state index contributed by atoms with van der Waals surface area (Å²) in [5.74, 6) is 0. The second-order valence-corrected chi connectivity index (χ2v) is 13.2. The minimum absolute atomic E-state index is 1.09. The second-order valence-electron chi connectivity index (χ2n) is 12.1. The van der Waals surface area contributed by atoms with Crippen LogP contribution >= 0.6 is 11.3 Å². The zero-order chi connectivity index (χ0) is 32.6. The molecular weight excluding hydrogens is 615 g/mol. The molecule has 3 nitrogen and oxygen atoms in total. The zero-order valence-corrected chi connectivity index (χ0v) is 27.3. The molecule has 9 rings (SSSR count). The van der Waals surface area contributed by atoms with Crippen molar-refractivity contribution >= 4 is 31.5 Å². The van der Waals surface area contributed by atoms with Crippen LogP contribution in [0.5, 0.6) is 0 Å². The summed E-state index contributed by atoms with van der Waals surface area (Å²) >= 11 is 1.88. The summed E-state index contributed by atoms with van der Waals surface area (Å²) < 4.78 is 2.62. The fourth-order valence-electron chi connectivity index (χ4n) is 6.69. The molecule has 4 heteroatoms. The number of benzene rings is 5. The Hall–Kier alpha value is -6.23. The van der Waals surface area contributed by atoms with E-state index in [4.69, 9.17) is 0 Å². The van der Waals surface area contributed by atoms with Gasteiger partial charge in [0, 0.05) is 68.5 Å². The number of hydrogen-bond acceptors (Lipinski definition) is 4. The summed E-state index contributed by atoms with van der Waals surface area (Å²) in [6, 6.07) is 50.2. The molecule has 0 aliphatic carbocycles. The van der Waals surface area contributed by atoms with Crippen LogP contribution in [-0.4, -0.2) is 15.0 Å². The van der Waals surface area contributed by atoms with Gasteiger partial charge >= 0.3 is 0 Å². The second kappa shape index (κ2) is 12.4. The Morgan fingerprint density at radius 1 is 0.306 bits per heavy atom. The molecule has 0 bridgehead atoms. The predicted molar refractivity (Wildman–Crippen MR) is 205 cm³/mol. The minimum Gasteiger partial charge on any atom is -0.264 e. The van der Waals surface area contributed by atoms with Crippen molar-refractivity contribution in [3.05, 3.63) is 177 Å². The normalized spacial score (nSPS) is 11.3. The van der Waals surface area contributed by atoms with E-state index in [0.29, 0.717) is 0 Å². The lowest BCUT2D eigenvalue weighted by atomic mass is 9.93. The van der Waals surface area contributed by atoms with Crippen molar-refractivity contribution in [3.63, 3.8) is 0 Å². The maximum atomic E-state index is 4.38. The molecule has 0 N–H and O–H groups in total. The van der Waals surface area contributed by atoms with E-state index in [2.05, 4.69) is 136 Å².